The van der Waals surface area contributed by atoms with Gasteiger partial charge in [0, 0.05) is 17.1 Å². The molecule has 0 saturated heterocycles. The van der Waals surface area contributed by atoms with E-state index in [9.17, 15) is 4.79 Å². The molecule has 4 rings (SSSR count). The molecule has 4 N–H and O–H groups in total. The van der Waals surface area contributed by atoms with Crippen LogP contribution in [0.3, 0.4) is 0 Å². The maximum atomic E-state index is 11.1. The number of amides is 1. The average Bonchev–Trinajstić information content (AvgIpc) is 2.64. The molecule has 4 nitrogen and oxygen atoms in total. The lowest BCUT2D eigenvalue weighted by Gasteiger charge is -2.14. The Morgan fingerprint density at radius 2 is 1.81 bits per heavy atom. The van der Waals surface area contributed by atoms with Crippen LogP contribution in [0.25, 0.3) is 32.8 Å². The smallest absolute Gasteiger partial charge is 0.211 e. The van der Waals surface area contributed by atoms with E-state index < -0.39 is 0 Å². The van der Waals surface area contributed by atoms with Crippen LogP contribution in [-0.2, 0) is 4.79 Å². The number of aryl methyl sites for hydroxylation is 1. The first-order chi connectivity index (χ1) is 12.2. The van der Waals surface area contributed by atoms with Crippen molar-refractivity contribution in [2.24, 2.45) is 0 Å². The molecule has 1 aromatic heterocycles. The zero-order chi connectivity index (χ0) is 17.4. The van der Waals surface area contributed by atoms with Crippen molar-refractivity contribution in [3.8, 4) is 11.1 Å². The minimum absolute atomic E-state index is 0. The molecule has 0 spiro atoms. The molecule has 0 aliphatic carbocycles. The molecular formula is C21H18ClN3O. The summed E-state index contributed by atoms with van der Waals surface area (Å²) < 4.78 is 0. The highest BCUT2D eigenvalue weighted by molar-refractivity contribution is 6.13. The normalized spacial score (nSPS) is 10.5. The van der Waals surface area contributed by atoms with Crippen molar-refractivity contribution in [1.29, 1.82) is 0 Å². The Morgan fingerprint density at radius 3 is 2.54 bits per heavy atom. The summed E-state index contributed by atoms with van der Waals surface area (Å²) in [6.45, 7) is 2.11. The summed E-state index contributed by atoms with van der Waals surface area (Å²) in [5, 5.41) is 5.93. The van der Waals surface area contributed by atoms with Crippen LogP contribution >= 0.6 is 0 Å². The molecule has 0 saturated carbocycles. The zero-order valence-corrected chi connectivity index (χ0v) is 15.0. The number of aromatic amines is 1. The Hall–Kier alpha value is -3.11. The molecule has 5 heteroatoms. The lowest BCUT2D eigenvalue weighted by Crippen LogP contribution is -3.00. The summed E-state index contributed by atoms with van der Waals surface area (Å²) in [4.78, 5) is 14.4. The van der Waals surface area contributed by atoms with Gasteiger partial charge >= 0.3 is 0 Å². The molecule has 1 amide bonds. The fourth-order valence-electron chi connectivity index (χ4n) is 3.44. The van der Waals surface area contributed by atoms with Crippen LogP contribution < -0.4 is 28.4 Å². The number of fused-ring (bicyclic) bond motifs is 3. The van der Waals surface area contributed by atoms with Gasteiger partial charge in [0.15, 0.2) is 6.20 Å². The van der Waals surface area contributed by atoms with Gasteiger partial charge in [-0.25, -0.2) is 4.98 Å². The minimum atomic E-state index is 0. The monoisotopic (exact) mass is 363 g/mol. The van der Waals surface area contributed by atoms with Crippen LogP contribution in [0.2, 0.25) is 0 Å². The number of carbonyl (C=O) groups is 1. The van der Waals surface area contributed by atoms with Gasteiger partial charge in [-0.05, 0) is 41.8 Å². The number of carbonyl (C=O) groups excluding carboxylic acids is 1. The van der Waals surface area contributed by atoms with Crippen LogP contribution in [-0.4, -0.2) is 6.41 Å². The number of hydrogen-bond donors (Lipinski definition) is 2. The Bertz CT molecular complexity index is 1110. The van der Waals surface area contributed by atoms with E-state index in [0.717, 1.165) is 44.1 Å². The standard InChI is InChI=1S/C21H17N3O.ClH/c1-13-16(14-5-3-2-4-6-14)10-20(24-12-25)18-11-23-19-8-7-15(22)9-17(19)21(13)18;/h2-12H,22H2,1H3,(H,24,25);1H. The molecule has 3 aromatic carbocycles. The second-order valence-electron chi connectivity index (χ2n) is 6.11. The number of nitrogens with two attached hydrogens (primary N) is 1. The van der Waals surface area contributed by atoms with E-state index >= 15 is 0 Å². The first-order valence-corrected chi connectivity index (χ1v) is 8.12. The van der Waals surface area contributed by atoms with Crippen molar-refractivity contribution >= 4 is 39.5 Å². The average molecular weight is 364 g/mol. The molecule has 0 unspecified atom stereocenters. The quantitative estimate of drug-likeness (QED) is 0.323. The van der Waals surface area contributed by atoms with Crippen LogP contribution in [0.4, 0.5) is 11.4 Å². The first kappa shape index (κ1) is 17.7. The third-order valence-electron chi connectivity index (χ3n) is 4.61. The number of pyridine rings is 1. The fourth-order valence-corrected chi connectivity index (χ4v) is 3.44. The van der Waals surface area contributed by atoms with Gasteiger partial charge in [-0.2, -0.15) is 0 Å². The highest BCUT2D eigenvalue weighted by atomic mass is 35.5. The van der Waals surface area contributed by atoms with Crippen LogP contribution in [0.1, 0.15) is 5.56 Å². The number of aromatic nitrogens is 1. The minimum Gasteiger partial charge on any atom is -1.00 e. The molecule has 0 aliphatic heterocycles. The Labute approximate surface area is 157 Å². The molecular weight excluding hydrogens is 346 g/mol. The van der Waals surface area contributed by atoms with E-state index in [-0.39, 0.29) is 12.4 Å². The number of anilines is 2. The van der Waals surface area contributed by atoms with E-state index in [1.54, 1.807) is 0 Å². The molecule has 0 radical (unpaired) electrons. The zero-order valence-electron chi connectivity index (χ0n) is 14.2. The number of halogens is 1. The molecule has 0 fully saturated rings. The molecule has 0 bridgehead atoms. The van der Waals surface area contributed by atoms with Gasteiger partial charge in [-0.3, -0.25) is 4.79 Å². The van der Waals surface area contributed by atoms with Crippen molar-refractivity contribution in [2.45, 2.75) is 6.92 Å². The molecule has 130 valence electrons. The van der Waals surface area contributed by atoms with Crippen molar-refractivity contribution < 1.29 is 22.2 Å². The summed E-state index contributed by atoms with van der Waals surface area (Å²) in [5.41, 5.74) is 11.9. The van der Waals surface area contributed by atoms with Crippen molar-refractivity contribution in [2.75, 3.05) is 11.1 Å². The van der Waals surface area contributed by atoms with E-state index in [1.165, 1.54) is 0 Å². The van der Waals surface area contributed by atoms with Crippen molar-refractivity contribution in [3.05, 3.63) is 66.4 Å². The van der Waals surface area contributed by atoms with E-state index in [0.29, 0.717) is 12.1 Å². The Balaban J connectivity index is 0.00000196. The number of rotatable bonds is 3. The lowest BCUT2D eigenvalue weighted by molar-refractivity contribution is -0.342. The molecule has 0 aliphatic rings. The highest BCUT2D eigenvalue weighted by Gasteiger charge is 2.16. The van der Waals surface area contributed by atoms with Gasteiger partial charge in [-0.1, -0.05) is 30.3 Å². The predicted octanol–water partition coefficient (Wildman–Crippen LogP) is 0.937. The van der Waals surface area contributed by atoms with Crippen molar-refractivity contribution in [3.63, 3.8) is 0 Å². The van der Waals surface area contributed by atoms with E-state index in [1.807, 2.05) is 48.7 Å². The molecule has 4 aromatic rings. The number of hydrogen-bond acceptors (Lipinski definition) is 2. The topological polar surface area (TPSA) is 69.3 Å². The largest absolute Gasteiger partial charge is 1.00 e. The second-order valence-corrected chi connectivity index (χ2v) is 6.11. The SMILES string of the molecule is Cc1c(-c2ccccc2)cc(NC=O)c2c[nH+]c3ccc(N)cc3c12.[Cl-]. The van der Waals surface area contributed by atoms with Gasteiger partial charge in [0.1, 0.15) is 0 Å². The van der Waals surface area contributed by atoms with Gasteiger partial charge < -0.3 is 23.5 Å². The molecule has 26 heavy (non-hydrogen) atoms. The predicted molar refractivity (Wildman–Crippen MR) is 102 cm³/mol. The lowest BCUT2D eigenvalue weighted by atomic mass is 9.92. The van der Waals surface area contributed by atoms with E-state index in [2.05, 4.69) is 29.4 Å². The summed E-state index contributed by atoms with van der Waals surface area (Å²) in [6.07, 6.45) is 2.64. The van der Waals surface area contributed by atoms with Crippen LogP contribution in [0, 0.1) is 6.92 Å². The third-order valence-corrected chi connectivity index (χ3v) is 4.61. The number of benzene rings is 3. The Kier molecular flexibility index (Phi) is 4.78. The van der Waals surface area contributed by atoms with Crippen molar-refractivity contribution in [1.82, 2.24) is 0 Å². The van der Waals surface area contributed by atoms with Gasteiger partial charge in [0.25, 0.3) is 0 Å². The Morgan fingerprint density at radius 1 is 1.04 bits per heavy atom. The second kappa shape index (κ2) is 7.02. The molecule has 1 heterocycles. The van der Waals surface area contributed by atoms with Gasteiger partial charge in [-0.15, -0.1) is 0 Å². The van der Waals surface area contributed by atoms with Gasteiger partial charge in [0.05, 0.1) is 16.5 Å². The van der Waals surface area contributed by atoms with Crippen LogP contribution in [0.15, 0.2) is 60.8 Å². The summed E-state index contributed by atoms with van der Waals surface area (Å²) in [5.74, 6) is 0. The number of H-pyrrole nitrogens is 1. The third kappa shape index (κ3) is 2.85. The summed E-state index contributed by atoms with van der Waals surface area (Å²) >= 11 is 0. The maximum absolute atomic E-state index is 11.1. The summed E-state index contributed by atoms with van der Waals surface area (Å²) in [7, 11) is 0. The van der Waals surface area contributed by atoms with E-state index in [4.69, 9.17) is 5.73 Å². The summed E-state index contributed by atoms with van der Waals surface area (Å²) in [6, 6.07) is 18.0. The highest BCUT2D eigenvalue weighted by Crippen LogP contribution is 2.37. The fraction of sp³-hybridized carbons (Fsp3) is 0.0476. The number of nitrogen functional groups attached to an aromatic ring is 1. The van der Waals surface area contributed by atoms with Crippen LogP contribution in [0.5, 0.6) is 0 Å². The maximum Gasteiger partial charge on any atom is 0.211 e. The van der Waals surface area contributed by atoms with Gasteiger partial charge in [0.2, 0.25) is 11.9 Å². The molecule has 0 atom stereocenters. The number of nitrogens with one attached hydrogen (secondary N) is 2. The first-order valence-electron chi connectivity index (χ1n) is 8.12.